The number of hydrogen-bond donors (Lipinski definition) is 1. The first kappa shape index (κ1) is 17.9. The molecule has 0 bridgehead atoms. The first-order valence-corrected chi connectivity index (χ1v) is 8.51. The van der Waals surface area contributed by atoms with Gasteiger partial charge in [-0.05, 0) is 49.2 Å². The van der Waals surface area contributed by atoms with E-state index in [1.54, 1.807) is 18.2 Å². The van der Waals surface area contributed by atoms with E-state index in [-0.39, 0.29) is 18.0 Å². The van der Waals surface area contributed by atoms with Gasteiger partial charge >= 0.3 is 0 Å². The Labute approximate surface area is 156 Å². The standard InChI is InChI=1S/C20H18ClN3O2/c1-13-3-4-14(2)18(11-13)22-19(25)12-24-20(26)10-9-17(23-24)15-5-7-16(21)8-6-15/h3-11H,12H2,1-2H3,(H,22,25). The molecule has 6 heteroatoms. The summed E-state index contributed by atoms with van der Waals surface area (Å²) < 4.78 is 1.16. The van der Waals surface area contributed by atoms with Crippen LogP contribution >= 0.6 is 11.6 Å². The van der Waals surface area contributed by atoms with Crippen molar-refractivity contribution >= 4 is 23.2 Å². The topological polar surface area (TPSA) is 64.0 Å². The van der Waals surface area contributed by atoms with Crippen LogP contribution in [0.15, 0.2) is 59.4 Å². The van der Waals surface area contributed by atoms with Gasteiger partial charge in [-0.15, -0.1) is 0 Å². The molecule has 0 radical (unpaired) electrons. The second kappa shape index (κ2) is 7.54. The van der Waals surface area contributed by atoms with Crippen LogP contribution in [0.25, 0.3) is 11.3 Å². The summed E-state index contributed by atoms with van der Waals surface area (Å²) in [5.74, 6) is -0.304. The van der Waals surface area contributed by atoms with Gasteiger partial charge in [0.15, 0.2) is 0 Å². The van der Waals surface area contributed by atoms with E-state index in [0.717, 1.165) is 27.1 Å². The largest absolute Gasteiger partial charge is 0.324 e. The van der Waals surface area contributed by atoms with Gasteiger partial charge in [0.25, 0.3) is 5.56 Å². The fourth-order valence-corrected chi connectivity index (χ4v) is 2.66. The van der Waals surface area contributed by atoms with Gasteiger partial charge in [-0.1, -0.05) is 35.9 Å². The van der Waals surface area contributed by atoms with Gasteiger partial charge in [-0.3, -0.25) is 9.59 Å². The second-order valence-corrected chi connectivity index (χ2v) is 6.52. The summed E-state index contributed by atoms with van der Waals surface area (Å²) in [7, 11) is 0. The minimum absolute atomic E-state index is 0.159. The lowest BCUT2D eigenvalue weighted by Gasteiger charge is -2.11. The van der Waals surface area contributed by atoms with Gasteiger partial charge in [0, 0.05) is 22.3 Å². The van der Waals surface area contributed by atoms with Crippen molar-refractivity contribution in [3.63, 3.8) is 0 Å². The second-order valence-electron chi connectivity index (χ2n) is 6.09. The summed E-state index contributed by atoms with van der Waals surface area (Å²) in [6.45, 7) is 3.71. The van der Waals surface area contributed by atoms with Crippen LogP contribution in [0.5, 0.6) is 0 Å². The first-order chi connectivity index (χ1) is 12.4. The fourth-order valence-electron chi connectivity index (χ4n) is 2.53. The molecule has 0 unspecified atom stereocenters. The van der Waals surface area contributed by atoms with Crippen molar-refractivity contribution in [2.24, 2.45) is 0 Å². The SMILES string of the molecule is Cc1ccc(C)c(NC(=O)Cn2nc(-c3ccc(Cl)cc3)ccc2=O)c1. The fraction of sp³-hybridized carbons (Fsp3) is 0.150. The van der Waals surface area contributed by atoms with Crippen molar-refractivity contribution in [2.75, 3.05) is 5.32 Å². The minimum Gasteiger partial charge on any atom is -0.324 e. The van der Waals surface area contributed by atoms with E-state index in [0.29, 0.717) is 10.7 Å². The Morgan fingerprint density at radius 1 is 1.08 bits per heavy atom. The van der Waals surface area contributed by atoms with E-state index in [2.05, 4.69) is 10.4 Å². The summed E-state index contributed by atoms with van der Waals surface area (Å²) in [5.41, 5.74) is 3.82. The molecule has 1 amide bonds. The summed E-state index contributed by atoms with van der Waals surface area (Å²) >= 11 is 5.90. The first-order valence-electron chi connectivity index (χ1n) is 8.13. The molecule has 1 N–H and O–H groups in total. The number of benzene rings is 2. The number of carbonyl (C=O) groups is 1. The molecule has 0 saturated carbocycles. The average Bonchev–Trinajstić information content (AvgIpc) is 2.61. The van der Waals surface area contributed by atoms with Crippen molar-refractivity contribution < 1.29 is 4.79 Å². The smallest absolute Gasteiger partial charge is 0.267 e. The van der Waals surface area contributed by atoms with Crippen molar-refractivity contribution in [1.82, 2.24) is 9.78 Å². The summed E-state index contributed by atoms with van der Waals surface area (Å²) in [4.78, 5) is 24.4. The van der Waals surface area contributed by atoms with Crippen molar-refractivity contribution in [1.29, 1.82) is 0 Å². The molecule has 0 aliphatic rings. The molecule has 0 atom stereocenters. The Morgan fingerprint density at radius 2 is 1.81 bits per heavy atom. The molecule has 1 heterocycles. The summed E-state index contributed by atoms with van der Waals surface area (Å²) in [5, 5.41) is 7.75. The molecule has 1 aromatic heterocycles. The molecule has 3 aromatic rings. The van der Waals surface area contributed by atoms with E-state index < -0.39 is 0 Å². The lowest BCUT2D eigenvalue weighted by molar-refractivity contribution is -0.117. The minimum atomic E-state index is -0.334. The number of nitrogens with one attached hydrogen (secondary N) is 1. The third kappa shape index (κ3) is 4.18. The van der Waals surface area contributed by atoms with Gasteiger partial charge < -0.3 is 5.32 Å². The maximum atomic E-state index is 12.4. The lowest BCUT2D eigenvalue weighted by atomic mass is 10.1. The van der Waals surface area contributed by atoms with Gasteiger partial charge in [0.05, 0.1) is 5.69 Å². The number of anilines is 1. The highest BCUT2D eigenvalue weighted by Gasteiger charge is 2.10. The van der Waals surface area contributed by atoms with Crippen LogP contribution in [0.2, 0.25) is 5.02 Å². The van der Waals surface area contributed by atoms with Crippen LogP contribution in [0.3, 0.4) is 0 Å². The highest BCUT2D eigenvalue weighted by molar-refractivity contribution is 6.30. The number of rotatable bonds is 4. The predicted molar refractivity (Wildman–Crippen MR) is 103 cm³/mol. The molecule has 0 spiro atoms. The Hall–Kier alpha value is -2.92. The van der Waals surface area contributed by atoms with E-state index in [9.17, 15) is 9.59 Å². The van der Waals surface area contributed by atoms with Crippen LogP contribution < -0.4 is 10.9 Å². The van der Waals surface area contributed by atoms with Crippen molar-refractivity contribution in [3.05, 3.63) is 81.1 Å². The summed E-state index contributed by atoms with van der Waals surface area (Å²) in [6, 6.07) is 16.0. The zero-order valence-corrected chi connectivity index (χ0v) is 15.2. The van der Waals surface area contributed by atoms with E-state index >= 15 is 0 Å². The number of aromatic nitrogens is 2. The Bertz CT molecular complexity index is 1010. The van der Waals surface area contributed by atoms with Crippen LogP contribution in [0, 0.1) is 13.8 Å². The van der Waals surface area contributed by atoms with Crippen LogP contribution in [0.4, 0.5) is 5.69 Å². The highest BCUT2D eigenvalue weighted by atomic mass is 35.5. The number of carbonyl (C=O) groups excluding carboxylic acids is 1. The zero-order valence-electron chi connectivity index (χ0n) is 14.5. The number of nitrogens with zero attached hydrogens (tertiary/aromatic N) is 2. The normalized spacial score (nSPS) is 10.6. The number of amides is 1. The Kier molecular flexibility index (Phi) is 5.19. The predicted octanol–water partition coefficient (Wildman–Crippen LogP) is 3.82. The van der Waals surface area contributed by atoms with E-state index in [1.165, 1.54) is 6.07 Å². The molecular weight excluding hydrogens is 350 g/mol. The average molecular weight is 368 g/mol. The van der Waals surface area contributed by atoms with Crippen LogP contribution in [0.1, 0.15) is 11.1 Å². The molecule has 5 nitrogen and oxygen atoms in total. The molecular formula is C20H18ClN3O2. The molecule has 3 rings (SSSR count). The van der Waals surface area contributed by atoms with E-state index in [4.69, 9.17) is 11.6 Å². The molecule has 0 fully saturated rings. The van der Waals surface area contributed by atoms with Gasteiger partial charge in [0.2, 0.25) is 5.91 Å². The molecule has 0 saturated heterocycles. The molecule has 0 aliphatic heterocycles. The molecule has 2 aromatic carbocycles. The van der Waals surface area contributed by atoms with Gasteiger partial charge in [-0.25, -0.2) is 4.68 Å². The van der Waals surface area contributed by atoms with Crippen molar-refractivity contribution in [2.45, 2.75) is 20.4 Å². The maximum Gasteiger partial charge on any atom is 0.267 e. The number of hydrogen-bond acceptors (Lipinski definition) is 3. The van der Waals surface area contributed by atoms with Gasteiger partial charge in [0.1, 0.15) is 6.54 Å². The molecule has 0 aliphatic carbocycles. The monoisotopic (exact) mass is 367 g/mol. The highest BCUT2D eigenvalue weighted by Crippen LogP contribution is 2.19. The Morgan fingerprint density at radius 3 is 2.54 bits per heavy atom. The van der Waals surface area contributed by atoms with E-state index in [1.807, 2.05) is 44.2 Å². The number of halogens is 1. The third-order valence-corrected chi connectivity index (χ3v) is 4.22. The molecule has 132 valence electrons. The maximum absolute atomic E-state index is 12.4. The molecule has 26 heavy (non-hydrogen) atoms. The summed E-state index contributed by atoms with van der Waals surface area (Å²) in [6.07, 6.45) is 0. The van der Waals surface area contributed by atoms with Gasteiger partial charge in [-0.2, -0.15) is 5.10 Å². The van der Waals surface area contributed by atoms with Crippen LogP contribution in [-0.2, 0) is 11.3 Å². The quantitative estimate of drug-likeness (QED) is 0.762. The van der Waals surface area contributed by atoms with Crippen LogP contribution in [-0.4, -0.2) is 15.7 Å². The van der Waals surface area contributed by atoms with Crippen molar-refractivity contribution in [3.8, 4) is 11.3 Å². The number of aryl methyl sites for hydroxylation is 2. The lowest BCUT2D eigenvalue weighted by Crippen LogP contribution is -2.29. The zero-order chi connectivity index (χ0) is 18.7. The third-order valence-electron chi connectivity index (χ3n) is 3.97. The Balaban J connectivity index is 1.81.